The van der Waals surface area contributed by atoms with Crippen molar-refractivity contribution in [3.05, 3.63) is 59.2 Å². The summed E-state index contributed by atoms with van der Waals surface area (Å²) in [6.07, 6.45) is 0. The highest BCUT2D eigenvalue weighted by Crippen LogP contribution is 2.27. The molecule has 0 unspecified atom stereocenters. The monoisotopic (exact) mass is 356 g/mol. The number of methoxy groups -OCH3 is 1. The second-order valence-corrected chi connectivity index (χ2v) is 7.26. The van der Waals surface area contributed by atoms with E-state index in [2.05, 4.69) is 43.3 Å². The summed E-state index contributed by atoms with van der Waals surface area (Å²) in [4.78, 5) is 3.35. The minimum atomic E-state index is 0.660. The van der Waals surface area contributed by atoms with E-state index in [-0.39, 0.29) is 0 Å². The predicted molar refractivity (Wildman–Crippen MR) is 104 cm³/mol. The smallest absolute Gasteiger partial charge is 0.161 e. The lowest BCUT2D eigenvalue weighted by molar-refractivity contribution is -1.02. The lowest BCUT2D eigenvalue weighted by Gasteiger charge is -2.30. The molecule has 0 atom stereocenters. The maximum Gasteiger partial charge on any atom is 0.161 e. The van der Waals surface area contributed by atoms with Crippen LogP contribution in [0.1, 0.15) is 23.6 Å². The molecule has 4 heteroatoms. The fourth-order valence-corrected chi connectivity index (χ4v) is 3.69. The van der Waals surface area contributed by atoms with E-state index in [9.17, 15) is 0 Å². The van der Waals surface area contributed by atoms with Gasteiger partial charge in [-0.3, -0.25) is 0 Å². The third-order valence-electron chi connectivity index (χ3n) is 5.22. The molecule has 0 amide bonds. The quantitative estimate of drug-likeness (QED) is 0.771. The number of benzene rings is 2. The van der Waals surface area contributed by atoms with Crippen LogP contribution in [0.3, 0.4) is 0 Å². The van der Waals surface area contributed by atoms with Gasteiger partial charge in [0.15, 0.2) is 11.5 Å². The Morgan fingerprint density at radius 3 is 1.96 bits per heavy atom. The van der Waals surface area contributed by atoms with Gasteiger partial charge in [-0.2, -0.15) is 0 Å². The fourth-order valence-electron chi connectivity index (χ4n) is 3.69. The third kappa shape index (κ3) is 4.99. The second-order valence-electron chi connectivity index (χ2n) is 7.26. The topological polar surface area (TPSA) is 27.3 Å². The van der Waals surface area contributed by atoms with Crippen LogP contribution in [0, 0.1) is 6.92 Å². The van der Waals surface area contributed by atoms with Crippen LogP contribution < -0.4 is 19.3 Å². The average Bonchev–Trinajstić information content (AvgIpc) is 2.66. The number of piperazine rings is 1. The summed E-state index contributed by atoms with van der Waals surface area (Å²) in [7, 11) is 1.69. The first-order chi connectivity index (χ1) is 12.7. The number of nitrogens with one attached hydrogen (secondary N) is 2. The summed E-state index contributed by atoms with van der Waals surface area (Å²) >= 11 is 0. The summed E-state index contributed by atoms with van der Waals surface area (Å²) < 4.78 is 11.1. The number of hydrogen-bond acceptors (Lipinski definition) is 2. The lowest BCUT2D eigenvalue weighted by Crippen LogP contribution is -3.27. The summed E-state index contributed by atoms with van der Waals surface area (Å²) in [6, 6.07) is 15.3. The molecule has 1 fully saturated rings. The molecule has 140 valence electrons. The highest BCUT2D eigenvalue weighted by atomic mass is 16.5. The van der Waals surface area contributed by atoms with Gasteiger partial charge >= 0.3 is 0 Å². The molecule has 1 heterocycles. The van der Waals surface area contributed by atoms with Gasteiger partial charge < -0.3 is 19.3 Å². The number of ether oxygens (including phenoxy) is 2. The summed E-state index contributed by atoms with van der Waals surface area (Å²) in [5, 5.41) is 0. The standard InChI is InChI=1S/C22H30N2O2/c1-4-26-22-15-20(9-10-21(22)25-3)17-24-13-11-23(12-14-24)16-19-7-5-18(2)6-8-19/h5-10,15H,4,11-14,16-17H2,1-3H3/p+2. The molecule has 0 aliphatic carbocycles. The molecule has 26 heavy (non-hydrogen) atoms. The molecular formula is C22H32N2O2+2. The van der Waals surface area contributed by atoms with Crippen molar-refractivity contribution < 1.29 is 19.3 Å². The molecule has 0 saturated carbocycles. The average molecular weight is 357 g/mol. The van der Waals surface area contributed by atoms with Gasteiger partial charge in [0.2, 0.25) is 0 Å². The maximum absolute atomic E-state index is 5.71. The van der Waals surface area contributed by atoms with Gasteiger partial charge in [0.25, 0.3) is 0 Å². The summed E-state index contributed by atoms with van der Waals surface area (Å²) in [5.41, 5.74) is 4.11. The molecule has 1 aliphatic rings. The zero-order valence-corrected chi connectivity index (χ0v) is 16.3. The minimum Gasteiger partial charge on any atom is -0.493 e. The molecular weight excluding hydrogens is 324 g/mol. The lowest BCUT2D eigenvalue weighted by atomic mass is 10.1. The number of quaternary nitrogens is 2. The largest absolute Gasteiger partial charge is 0.493 e. The van der Waals surface area contributed by atoms with E-state index in [1.807, 2.05) is 13.0 Å². The molecule has 0 aromatic heterocycles. The Kier molecular flexibility index (Phi) is 6.53. The second kappa shape index (κ2) is 9.06. The normalized spacial score (nSPS) is 20.0. The Hall–Kier alpha value is -2.04. The van der Waals surface area contributed by atoms with Crippen LogP contribution in [0.5, 0.6) is 11.5 Å². The Labute approximate surface area is 157 Å². The van der Waals surface area contributed by atoms with E-state index < -0.39 is 0 Å². The molecule has 2 aromatic rings. The zero-order valence-electron chi connectivity index (χ0n) is 16.3. The van der Waals surface area contributed by atoms with Crippen LogP contribution >= 0.6 is 0 Å². The van der Waals surface area contributed by atoms with E-state index in [1.54, 1.807) is 16.9 Å². The molecule has 2 aromatic carbocycles. The van der Waals surface area contributed by atoms with Crippen LogP contribution in [-0.4, -0.2) is 39.9 Å². The molecule has 4 nitrogen and oxygen atoms in total. The highest BCUT2D eigenvalue weighted by Gasteiger charge is 2.23. The van der Waals surface area contributed by atoms with Crippen molar-refractivity contribution in [1.29, 1.82) is 0 Å². The Morgan fingerprint density at radius 2 is 1.38 bits per heavy atom. The Bertz CT molecular complexity index is 692. The van der Waals surface area contributed by atoms with Gasteiger partial charge in [-0.15, -0.1) is 0 Å². The van der Waals surface area contributed by atoms with Gasteiger partial charge in [-0.1, -0.05) is 29.8 Å². The van der Waals surface area contributed by atoms with Crippen LogP contribution in [0.15, 0.2) is 42.5 Å². The molecule has 2 N–H and O–H groups in total. The van der Waals surface area contributed by atoms with E-state index in [4.69, 9.17) is 9.47 Å². The molecule has 1 aliphatic heterocycles. The highest BCUT2D eigenvalue weighted by molar-refractivity contribution is 5.42. The molecule has 3 rings (SSSR count). The first-order valence-electron chi connectivity index (χ1n) is 9.70. The van der Waals surface area contributed by atoms with Crippen LogP contribution in [0.4, 0.5) is 0 Å². The van der Waals surface area contributed by atoms with Crippen molar-refractivity contribution >= 4 is 0 Å². The van der Waals surface area contributed by atoms with Gasteiger partial charge in [0, 0.05) is 11.1 Å². The summed E-state index contributed by atoms with van der Waals surface area (Å²) in [6.45, 7) is 11.9. The number of hydrogen-bond donors (Lipinski definition) is 2. The van der Waals surface area contributed by atoms with E-state index in [1.165, 1.54) is 42.9 Å². The van der Waals surface area contributed by atoms with Crippen molar-refractivity contribution in [3.8, 4) is 11.5 Å². The third-order valence-corrected chi connectivity index (χ3v) is 5.22. The van der Waals surface area contributed by atoms with Crippen LogP contribution in [-0.2, 0) is 13.1 Å². The van der Waals surface area contributed by atoms with Crippen molar-refractivity contribution in [2.24, 2.45) is 0 Å². The number of rotatable bonds is 7. The van der Waals surface area contributed by atoms with E-state index in [0.29, 0.717) is 6.61 Å². The molecule has 0 bridgehead atoms. The zero-order chi connectivity index (χ0) is 18.4. The van der Waals surface area contributed by atoms with Gasteiger partial charge in [-0.05, 0) is 32.0 Å². The van der Waals surface area contributed by atoms with E-state index in [0.717, 1.165) is 24.6 Å². The Morgan fingerprint density at radius 1 is 0.808 bits per heavy atom. The van der Waals surface area contributed by atoms with Gasteiger partial charge in [-0.25, -0.2) is 0 Å². The molecule has 0 spiro atoms. The van der Waals surface area contributed by atoms with Crippen LogP contribution in [0.2, 0.25) is 0 Å². The van der Waals surface area contributed by atoms with Crippen LogP contribution in [0.25, 0.3) is 0 Å². The fraction of sp³-hybridized carbons (Fsp3) is 0.455. The minimum absolute atomic E-state index is 0.660. The van der Waals surface area contributed by atoms with Crippen molar-refractivity contribution in [2.75, 3.05) is 39.9 Å². The number of aryl methyl sites for hydroxylation is 1. The predicted octanol–water partition coefficient (Wildman–Crippen LogP) is 0.886. The van der Waals surface area contributed by atoms with Gasteiger partial charge in [0.1, 0.15) is 39.3 Å². The maximum atomic E-state index is 5.71. The molecule has 0 radical (unpaired) electrons. The molecule has 1 saturated heterocycles. The van der Waals surface area contributed by atoms with Crippen molar-refractivity contribution in [3.63, 3.8) is 0 Å². The van der Waals surface area contributed by atoms with Crippen molar-refractivity contribution in [1.82, 2.24) is 0 Å². The van der Waals surface area contributed by atoms with E-state index >= 15 is 0 Å². The first-order valence-corrected chi connectivity index (χ1v) is 9.70. The van der Waals surface area contributed by atoms with Gasteiger partial charge in [0.05, 0.1) is 13.7 Å². The summed E-state index contributed by atoms with van der Waals surface area (Å²) in [5.74, 6) is 1.67. The SMILES string of the molecule is CCOc1cc(C[NH+]2CC[NH+](Cc3ccc(C)cc3)CC2)ccc1OC. The van der Waals surface area contributed by atoms with Crippen molar-refractivity contribution in [2.45, 2.75) is 26.9 Å². The first kappa shape index (κ1) is 18.7. The Balaban J connectivity index is 1.52.